The van der Waals surface area contributed by atoms with Crippen LogP contribution in [0, 0.1) is 0 Å². The summed E-state index contributed by atoms with van der Waals surface area (Å²) in [6.45, 7) is 2.84. The van der Waals surface area contributed by atoms with Gasteiger partial charge in [0.2, 0.25) is 0 Å². The lowest BCUT2D eigenvalue weighted by Gasteiger charge is -2.05. The zero-order chi connectivity index (χ0) is 12.7. The quantitative estimate of drug-likeness (QED) is 0.461. The molecule has 0 aliphatic heterocycles. The van der Waals surface area contributed by atoms with Crippen molar-refractivity contribution in [1.82, 2.24) is 4.90 Å². The molecular formula is C12H21N3OS. The average molecular weight is 255 g/mol. The first-order valence-electron chi connectivity index (χ1n) is 5.70. The lowest BCUT2D eigenvalue weighted by atomic mass is 10.4. The van der Waals surface area contributed by atoms with Crippen LogP contribution in [0.5, 0.6) is 0 Å². The fourth-order valence-electron chi connectivity index (χ4n) is 1.28. The predicted octanol–water partition coefficient (Wildman–Crippen LogP) is 2.30. The standard InChI is InChI=1S/C12H21N3OS/c1-4-12(13)14-9-17-8-11-6-5-10(16-11)7-15(2)3/h5-6H,4,7-9H2,1-3H3,(H2,13,14). The van der Waals surface area contributed by atoms with Gasteiger partial charge in [0.25, 0.3) is 0 Å². The summed E-state index contributed by atoms with van der Waals surface area (Å²) in [6.07, 6.45) is 0.814. The van der Waals surface area contributed by atoms with Crippen LogP contribution in [0.15, 0.2) is 21.5 Å². The number of nitrogens with two attached hydrogens (primary N) is 1. The molecule has 0 amide bonds. The van der Waals surface area contributed by atoms with Crippen LogP contribution in [0.25, 0.3) is 0 Å². The maximum Gasteiger partial charge on any atom is 0.118 e. The minimum absolute atomic E-state index is 0.698. The lowest BCUT2D eigenvalue weighted by molar-refractivity contribution is 0.344. The number of thioether (sulfide) groups is 1. The molecular weight excluding hydrogens is 234 g/mol. The van der Waals surface area contributed by atoms with Crippen LogP contribution in [-0.4, -0.2) is 30.7 Å². The van der Waals surface area contributed by atoms with Crippen LogP contribution in [0.4, 0.5) is 0 Å². The fraction of sp³-hybridized carbons (Fsp3) is 0.583. The van der Waals surface area contributed by atoms with E-state index in [1.54, 1.807) is 11.8 Å². The molecule has 0 aromatic carbocycles. The molecule has 0 aliphatic carbocycles. The van der Waals surface area contributed by atoms with Gasteiger partial charge in [-0.05, 0) is 26.2 Å². The van der Waals surface area contributed by atoms with Gasteiger partial charge >= 0.3 is 0 Å². The van der Waals surface area contributed by atoms with Gasteiger partial charge in [-0.2, -0.15) is 0 Å². The van der Waals surface area contributed by atoms with Crippen LogP contribution in [0.2, 0.25) is 0 Å². The van der Waals surface area contributed by atoms with E-state index in [0.29, 0.717) is 11.7 Å². The minimum Gasteiger partial charge on any atom is -0.464 e. The second kappa shape index (κ2) is 7.40. The van der Waals surface area contributed by atoms with Gasteiger partial charge in [-0.3, -0.25) is 4.99 Å². The van der Waals surface area contributed by atoms with E-state index in [1.165, 1.54) is 0 Å². The van der Waals surface area contributed by atoms with E-state index in [4.69, 9.17) is 10.2 Å². The zero-order valence-corrected chi connectivity index (χ0v) is 11.6. The molecule has 1 rings (SSSR count). The first-order chi connectivity index (χ1) is 8.11. The second-order valence-electron chi connectivity index (χ2n) is 4.09. The number of furan rings is 1. The molecule has 4 nitrogen and oxygen atoms in total. The van der Waals surface area contributed by atoms with Gasteiger partial charge in [0.1, 0.15) is 11.5 Å². The molecule has 0 atom stereocenters. The Bertz CT molecular complexity index is 360. The number of aliphatic imine (C=N–C) groups is 1. The Labute approximate surface area is 107 Å². The van der Waals surface area contributed by atoms with Gasteiger partial charge < -0.3 is 15.1 Å². The normalized spacial score (nSPS) is 12.4. The van der Waals surface area contributed by atoms with Crippen molar-refractivity contribution < 1.29 is 4.42 Å². The summed E-state index contributed by atoms with van der Waals surface area (Å²) in [4.78, 5) is 6.31. The number of hydrogen-bond acceptors (Lipinski definition) is 4. The van der Waals surface area contributed by atoms with Gasteiger partial charge in [0.05, 0.1) is 24.0 Å². The van der Waals surface area contributed by atoms with Gasteiger partial charge in [-0.25, -0.2) is 0 Å². The van der Waals surface area contributed by atoms with Crippen molar-refractivity contribution in [1.29, 1.82) is 0 Å². The average Bonchev–Trinajstić information content (AvgIpc) is 2.70. The van der Waals surface area contributed by atoms with E-state index in [-0.39, 0.29) is 0 Å². The lowest BCUT2D eigenvalue weighted by Crippen LogP contribution is -2.09. The summed E-state index contributed by atoms with van der Waals surface area (Å²) in [5.41, 5.74) is 5.62. The summed E-state index contributed by atoms with van der Waals surface area (Å²) in [7, 11) is 4.05. The van der Waals surface area contributed by atoms with Gasteiger partial charge in [-0.1, -0.05) is 6.92 Å². The molecule has 0 saturated heterocycles. The highest BCUT2D eigenvalue weighted by Gasteiger charge is 2.03. The molecule has 0 saturated carbocycles. The Balaban J connectivity index is 2.30. The first-order valence-corrected chi connectivity index (χ1v) is 6.86. The predicted molar refractivity (Wildman–Crippen MR) is 74.2 cm³/mol. The van der Waals surface area contributed by atoms with Crippen molar-refractivity contribution in [2.24, 2.45) is 10.7 Å². The Morgan fingerprint density at radius 2 is 2.12 bits per heavy atom. The Morgan fingerprint density at radius 1 is 1.41 bits per heavy atom. The van der Waals surface area contributed by atoms with Crippen molar-refractivity contribution in [2.75, 3.05) is 20.0 Å². The summed E-state index contributed by atoms with van der Waals surface area (Å²) in [5.74, 6) is 4.25. The van der Waals surface area contributed by atoms with Crippen LogP contribution in [0.3, 0.4) is 0 Å². The SMILES string of the molecule is CCC(N)=NCSCc1ccc(CN(C)C)o1. The Morgan fingerprint density at radius 3 is 2.76 bits per heavy atom. The van der Waals surface area contributed by atoms with Crippen molar-refractivity contribution in [2.45, 2.75) is 25.6 Å². The van der Waals surface area contributed by atoms with E-state index in [2.05, 4.69) is 9.89 Å². The summed E-state index contributed by atoms with van der Waals surface area (Å²) >= 11 is 1.71. The fourth-order valence-corrected chi connectivity index (χ4v) is 1.99. The molecule has 0 radical (unpaired) electrons. The number of nitrogens with zero attached hydrogens (tertiary/aromatic N) is 2. The highest BCUT2D eigenvalue weighted by Crippen LogP contribution is 2.16. The molecule has 1 heterocycles. The summed E-state index contributed by atoms with van der Waals surface area (Å²) < 4.78 is 5.69. The highest BCUT2D eigenvalue weighted by atomic mass is 32.2. The van der Waals surface area contributed by atoms with Crippen molar-refractivity contribution in [3.05, 3.63) is 23.7 Å². The third kappa shape index (κ3) is 5.79. The molecule has 17 heavy (non-hydrogen) atoms. The van der Waals surface area contributed by atoms with Crippen LogP contribution < -0.4 is 5.73 Å². The summed E-state index contributed by atoms with van der Waals surface area (Å²) in [6, 6.07) is 4.05. The number of amidine groups is 1. The monoisotopic (exact) mass is 255 g/mol. The smallest absolute Gasteiger partial charge is 0.118 e. The van der Waals surface area contributed by atoms with E-state index in [9.17, 15) is 0 Å². The van der Waals surface area contributed by atoms with Crippen molar-refractivity contribution >= 4 is 17.6 Å². The third-order valence-corrected chi connectivity index (χ3v) is 2.96. The van der Waals surface area contributed by atoms with Crippen molar-refractivity contribution in [3.63, 3.8) is 0 Å². The molecule has 0 aliphatic rings. The molecule has 1 aromatic rings. The maximum absolute atomic E-state index is 5.69. The molecule has 0 unspecified atom stereocenters. The van der Waals surface area contributed by atoms with Gasteiger partial charge in [0, 0.05) is 6.42 Å². The van der Waals surface area contributed by atoms with Crippen LogP contribution in [0.1, 0.15) is 24.9 Å². The van der Waals surface area contributed by atoms with E-state index in [0.717, 1.165) is 30.2 Å². The number of rotatable bonds is 7. The topological polar surface area (TPSA) is 54.8 Å². The van der Waals surface area contributed by atoms with E-state index < -0.39 is 0 Å². The largest absolute Gasteiger partial charge is 0.464 e. The Kier molecular flexibility index (Phi) is 6.15. The Hall–Kier alpha value is -0.940. The van der Waals surface area contributed by atoms with Gasteiger partial charge in [0.15, 0.2) is 0 Å². The van der Waals surface area contributed by atoms with Crippen molar-refractivity contribution in [3.8, 4) is 0 Å². The van der Waals surface area contributed by atoms with E-state index in [1.807, 2.05) is 33.2 Å². The molecule has 0 fully saturated rings. The highest BCUT2D eigenvalue weighted by molar-refractivity contribution is 7.98. The molecule has 2 N–H and O–H groups in total. The third-order valence-electron chi connectivity index (χ3n) is 2.15. The maximum atomic E-state index is 5.69. The zero-order valence-electron chi connectivity index (χ0n) is 10.8. The molecule has 0 bridgehead atoms. The van der Waals surface area contributed by atoms with Crippen LogP contribution in [-0.2, 0) is 12.3 Å². The molecule has 1 aromatic heterocycles. The van der Waals surface area contributed by atoms with E-state index >= 15 is 0 Å². The minimum atomic E-state index is 0.698. The molecule has 0 spiro atoms. The van der Waals surface area contributed by atoms with Gasteiger partial charge in [-0.15, -0.1) is 11.8 Å². The second-order valence-corrected chi connectivity index (χ2v) is 5.04. The first kappa shape index (κ1) is 14.1. The number of hydrogen-bond donors (Lipinski definition) is 1. The summed E-state index contributed by atoms with van der Waals surface area (Å²) in [5, 5.41) is 0. The molecule has 96 valence electrons. The molecule has 5 heteroatoms. The van der Waals surface area contributed by atoms with Crippen LogP contribution >= 0.6 is 11.8 Å².